The number of amides is 3. The molecule has 37 heavy (non-hydrogen) atoms. The minimum absolute atomic E-state index is 0.0122. The molecule has 0 saturated carbocycles. The fraction of sp³-hybridized carbons (Fsp3) is 0.517. The maximum atomic E-state index is 13.7. The molecule has 3 heterocycles. The zero-order valence-corrected chi connectivity index (χ0v) is 22.9. The number of carbonyl (C=O) groups excluding carboxylic acids is 4. The van der Waals surface area contributed by atoms with Gasteiger partial charge in [-0.25, -0.2) is 0 Å². The van der Waals surface area contributed by atoms with Gasteiger partial charge in [0.15, 0.2) is 5.78 Å². The average molecular weight is 524 g/mol. The van der Waals surface area contributed by atoms with Crippen molar-refractivity contribution in [3.8, 4) is 10.4 Å². The number of carbonyl (C=O) groups is 4. The van der Waals surface area contributed by atoms with Gasteiger partial charge in [0.1, 0.15) is 12.1 Å². The number of hydrogen-bond acceptors (Lipinski definition) is 5. The van der Waals surface area contributed by atoms with Gasteiger partial charge in [0.05, 0.1) is 12.6 Å². The Balaban J connectivity index is 1.45. The molecule has 3 unspecified atom stereocenters. The molecule has 2 saturated heterocycles. The van der Waals surface area contributed by atoms with Crippen LogP contribution in [0.15, 0.2) is 41.8 Å². The van der Waals surface area contributed by atoms with Crippen molar-refractivity contribution in [2.45, 2.75) is 71.5 Å². The Bertz CT molecular complexity index is 1130. The van der Waals surface area contributed by atoms with Gasteiger partial charge >= 0.3 is 0 Å². The lowest BCUT2D eigenvalue weighted by Gasteiger charge is -2.29. The molecular weight excluding hydrogens is 486 g/mol. The number of hydrogen-bond donors (Lipinski definition) is 1. The number of fused-ring (bicyclic) bond motifs is 1. The summed E-state index contributed by atoms with van der Waals surface area (Å²) >= 11 is 1.64. The van der Waals surface area contributed by atoms with E-state index in [1.807, 2.05) is 43.5 Å². The largest absolute Gasteiger partial charge is 0.340 e. The van der Waals surface area contributed by atoms with Crippen molar-refractivity contribution in [3.05, 3.63) is 47.3 Å². The van der Waals surface area contributed by atoms with Crippen LogP contribution < -0.4 is 5.32 Å². The Morgan fingerprint density at radius 2 is 1.76 bits per heavy atom. The van der Waals surface area contributed by atoms with Crippen molar-refractivity contribution in [1.29, 1.82) is 0 Å². The van der Waals surface area contributed by atoms with Gasteiger partial charge < -0.3 is 15.1 Å². The third kappa shape index (κ3) is 6.12. The standard InChI is InChI=1S/C29H37N3O4S/c1-18(2)7-12-26(34)32-17-24(33)27-23(32)13-14-31(27)29(36)22(16-19(3)4)30-28(35)21-10-8-20(9-11-21)25-6-5-15-37-25/h5-6,8-11,15,18-19,22-23,27H,7,12-14,16-17H2,1-4H3,(H,30,35). The summed E-state index contributed by atoms with van der Waals surface area (Å²) in [5.41, 5.74) is 1.52. The Morgan fingerprint density at radius 1 is 1.03 bits per heavy atom. The number of benzene rings is 1. The summed E-state index contributed by atoms with van der Waals surface area (Å²) in [6.45, 7) is 8.63. The number of nitrogens with one attached hydrogen (secondary N) is 1. The molecule has 8 heteroatoms. The van der Waals surface area contributed by atoms with Crippen LogP contribution in [-0.2, 0) is 14.4 Å². The maximum absolute atomic E-state index is 13.7. The molecule has 1 aromatic heterocycles. The lowest BCUT2D eigenvalue weighted by atomic mass is 10.0. The van der Waals surface area contributed by atoms with Crippen LogP contribution in [0.4, 0.5) is 0 Å². The van der Waals surface area contributed by atoms with Crippen molar-refractivity contribution in [1.82, 2.24) is 15.1 Å². The fourth-order valence-electron chi connectivity index (χ4n) is 5.31. The smallest absolute Gasteiger partial charge is 0.251 e. The second kappa shape index (κ2) is 11.6. The van der Waals surface area contributed by atoms with Crippen LogP contribution >= 0.6 is 11.3 Å². The first kappa shape index (κ1) is 27.0. The SMILES string of the molecule is CC(C)CCC(=O)N1CC(=O)C2C1CCN2C(=O)C(CC(C)C)NC(=O)c1ccc(-c2cccs2)cc1. The average Bonchev–Trinajstić information content (AvgIpc) is 3.60. The molecule has 0 aliphatic carbocycles. The highest BCUT2D eigenvalue weighted by atomic mass is 32.1. The van der Waals surface area contributed by atoms with E-state index in [2.05, 4.69) is 19.2 Å². The lowest BCUT2D eigenvalue weighted by molar-refractivity contribution is -0.138. The molecule has 7 nitrogen and oxygen atoms in total. The topological polar surface area (TPSA) is 86.8 Å². The number of rotatable bonds is 9. The highest BCUT2D eigenvalue weighted by Gasteiger charge is 2.52. The Kier molecular flexibility index (Phi) is 8.47. The van der Waals surface area contributed by atoms with Crippen LogP contribution in [0.2, 0.25) is 0 Å². The zero-order valence-electron chi connectivity index (χ0n) is 22.1. The van der Waals surface area contributed by atoms with E-state index in [1.54, 1.807) is 33.3 Å². The first-order valence-electron chi connectivity index (χ1n) is 13.2. The third-order valence-corrected chi connectivity index (χ3v) is 8.14. The number of Topliss-reactive ketones (excluding diaryl/α,β-unsaturated/α-hetero) is 1. The summed E-state index contributed by atoms with van der Waals surface area (Å²) in [7, 11) is 0. The maximum Gasteiger partial charge on any atom is 0.251 e. The Morgan fingerprint density at radius 3 is 2.38 bits per heavy atom. The molecule has 0 bridgehead atoms. The van der Waals surface area contributed by atoms with Crippen LogP contribution in [0.1, 0.15) is 63.7 Å². The summed E-state index contributed by atoms with van der Waals surface area (Å²) < 4.78 is 0. The normalized spacial score (nSPS) is 20.0. The van der Waals surface area contributed by atoms with Gasteiger partial charge in [0.25, 0.3) is 5.91 Å². The lowest BCUT2D eigenvalue weighted by Crippen LogP contribution is -2.53. The van der Waals surface area contributed by atoms with E-state index >= 15 is 0 Å². The molecule has 1 aromatic carbocycles. The first-order valence-corrected chi connectivity index (χ1v) is 14.1. The summed E-state index contributed by atoms with van der Waals surface area (Å²) in [6, 6.07) is 9.76. The van der Waals surface area contributed by atoms with Gasteiger partial charge in [0.2, 0.25) is 11.8 Å². The van der Waals surface area contributed by atoms with E-state index in [-0.39, 0.29) is 42.0 Å². The zero-order chi connectivity index (χ0) is 26.7. The molecule has 3 atom stereocenters. The summed E-state index contributed by atoms with van der Waals surface area (Å²) in [5, 5.41) is 4.95. The summed E-state index contributed by atoms with van der Waals surface area (Å²) in [6.07, 6.45) is 2.25. The molecule has 2 aromatic rings. The molecule has 2 fully saturated rings. The van der Waals surface area contributed by atoms with Crippen LogP contribution in [0.5, 0.6) is 0 Å². The van der Waals surface area contributed by atoms with E-state index < -0.39 is 12.1 Å². The van der Waals surface area contributed by atoms with E-state index in [1.165, 1.54) is 0 Å². The first-order chi connectivity index (χ1) is 17.7. The monoisotopic (exact) mass is 523 g/mol. The van der Waals surface area contributed by atoms with Gasteiger partial charge in [0, 0.05) is 23.4 Å². The minimum atomic E-state index is -0.735. The molecule has 0 spiro atoms. The van der Waals surface area contributed by atoms with Gasteiger partial charge in [-0.2, -0.15) is 0 Å². The van der Waals surface area contributed by atoms with E-state index in [4.69, 9.17) is 0 Å². The second-order valence-electron chi connectivity index (χ2n) is 11.0. The van der Waals surface area contributed by atoms with E-state index in [0.29, 0.717) is 37.3 Å². The van der Waals surface area contributed by atoms with Crippen LogP contribution in [0.3, 0.4) is 0 Å². The summed E-state index contributed by atoms with van der Waals surface area (Å²) in [5.74, 6) is -0.0750. The van der Waals surface area contributed by atoms with Crippen molar-refractivity contribution < 1.29 is 19.2 Å². The molecule has 2 aliphatic heterocycles. The van der Waals surface area contributed by atoms with Gasteiger partial charge in [-0.15, -0.1) is 11.3 Å². The predicted molar refractivity (Wildman–Crippen MR) is 145 cm³/mol. The molecule has 198 valence electrons. The Hall–Kier alpha value is -3.00. The second-order valence-corrected chi connectivity index (χ2v) is 11.9. The highest BCUT2D eigenvalue weighted by Crippen LogP contribution is 2.31. The van der Waals surface area contributed by atoms with E-state index in [9.17, 15) is 19.2 Å². The van der Waals surface area contributed by atoms with Crippen molar-refractivity contribution in [2.75, 3.05) is 13.1 Å². The fourth-order valence-corrected chi connectivity index (χ4v) is 6.04. The number of nitrogens with zero attached hydrogens (tertiary/aromatic N) is 2. The molecule has 4 rings (SSSR count). The third-order valence-electron chi connectivity index (χ3n) is 7.22. The predicted octanol–water partition coefficient (Wildman–Crippen LogP) is 4.38. The van der Waals surface area contributed by atoms with E-state index in [0.717, 1.165) is 16.9 Å². The summed E-state index contributed by atoms with van der Waals surface area (Å²) in [4.78, 5) is 57.0. The van der Waals surface area contributed by atoms with Crippen LogP contribution in [0.25, 0.3) is 10.4 Å². The number of ketones is 1. The van der Waals surface area contributed by atoms with Gasteiger partial charge in [-0.05, 0) is 60.2 Å². The molecule has 1 N–H and O–H groups in total. The van der Waals surface area contributed by atoms with Crippen molar-refractivity contribution in [3.63, 3.8) is 0 Å². The number of thiophene rings is 1. The molecule has 0 radical (unpaired) electrons. The number of likely N-dealkylation sites (tertiary alicyclic amines) is 2. The van der Waals surface area contributed by atoms with Crippen LogP contribution in [-0.4, -0.2) is 64.5 Å². The van der Waals surface area contributed by atoms with Crippen LogP contribution in [0, 0.1) is 11.8 Å². The van der Waals surface area contributed by atoms with Crippen molar-refractivity contribution >= 4 is 34.8 Å². The molecule has 3 amide bonds. The highest BCUT2D eigenvalue weighted by molar-refractivity contribution is 7.13. The van der Waals surface area contributed by atoms with Gasteiger partial charge in [-0.3, -0.25) is 19.2 Å². The quantitative estimate of drug-likeness (QED) is 0.529. The molecular formula is C29H37N3O4S. The minimum Gasteiger partial charge on any atom is -0.340 e. The van der Waals surface area contributed by atoms with Crippen molar-refractivity contribution in [2.24, 2.45) is 11.8 Å². The molecule has 2 aliphatic rings. The van der Waals surface area contributed by atoms with Gasteiger partial charge in [-0.1, -0.05) is 45.9 Å². The Labute approximate surface area is 223 Å².